The van der Waals surface area contributed by atoms with Crippen molar-refractivity contribution in [3.05, 3.63) is 24.3 Å². The van der Waals surface area contributed by atoms with Gasteiger partial charge in [0.15, 0.2) is 0 Å². The summed E-state index contributed by atoms with van der Waals surface area (Å²) in [7, 11) is 0. The topological polar surface area (TPSA) is 70.7 Å². The van der Waals surface area contributed by atoms with Gasteiger partial charge in [0.1, 0.15) is 5.75 Å². The molecule has 0 unspecified atom stereocenters. The van der Waals surface area contributed by atoms with E-state index in [9.17, 15) is 9.59 Å². The quantitative estimate of drug-likeness (QED) is 0.805. The van der Waals surface area contributed by atoms with Crippen molar-refractivity contribution in [1.82, 2.24) is 10.6 Å². The number of nitrogens with zero attached hydrogens (tertiary/aromatic N) is 1. The van der Waals surface area contributed by atoms with Crippen LogP contribution in [0, 0.1) is 5.92 Å². The number of hydrogen-bond acceptors (Lipinski definition) is 3. The van der Waals surface area contributed by atoms with Crippen molar-refractivity contribution in [2.24, 2.45) is 5.92 Å². The van der Waals surface area contributed by atoms with E-state index >= 15 is 0 Å². The molecule has 1 aromatic rings. The Morgan fingerprint density at radius 2 is 2.04 bits per heavy atom. The van der Waals surface area contributed by atoms with Crippen LogP contribution in [0.25, 0.3) is 0 Å². The van der Waals surface area contributed by atoms with Crippen LogP contribution in [0.4, 0.5) is 10.5 Å². The zero-order chi connectivity index (χ0) is 17.5. The SMILES string of the molecule is CCOc1ccc(N2C[C@H](NC(=O)NCCC(C)C)CC2=O)cc1. The lowest BCUT2D eigenvalue weighted by Gasteiger charge is -2.18. The molecular formula is C18H27N3O3. The summed E-state index contributed by atoms with van der Waals surface area (Å²) in [5, 5.41) is 5.71. The van der Waals surface area contributed by atoms with E-state index in [2.05, 4.69) is 24.5 Å². The summed E-state index contributed by atoms with van der Waals surface area (Å²) in [6.45, 7) is 7.91. The number of urea groups is 1. The minimum Gasteiger partial charge on any atom is -0.494 e. The molecule has 1 aliphatic rings. The molecule has 6 heteroatoms. The number of hydrogen-bond donors (Lipinski definition) is 2. The van der Waals surface area contributed by atoms with Crippen molar-refractivity contribution in [1.29, 1.82) is 0 Å². The van der Waals surface area contributed by atoms with Gasteiger partial charge >= 0.3 is 6.03 Å². The van der Waals surface area contributed by atoms with E-state index in [1.807, 2.05) is 31.2 Å². The summed E-state index contributed by atoms with van der Waals surface area (Å²) in [6.07, 6.45) is 1.26. The maximum absolute atomic E-state index is 12.2. The molecule has 0 radical (unpaired) electrons. The summed E-state index contributed by atoms with van der Waals surface area (Å²) < 4.78 is 5.41. The minimum absolute atomic E-state index is 0.0200. The Bertz CT molecular complexity index is 557. The molecule has 1 fully saturated rings. The molecule has 1 heterocycles. The third kappa shape index (κ3) is 5.15. The van der Waals surface area contributed by atoms with Gasteiger partial charge in [-0.1, -0.05) is 13.8 Å². The molecule has 0 aliphatic carbocycles. The van der Waals surface area contributed by atoms with E-state index in [0.29, 0.717) is 32.0 Å². The number of rotatable bonds is 7. The molecule has 3 amide bonds. The summed E-state index contributed by atoms with van der Waals surface area (Å²) in [5.74, 6) is 1.35. The van der Waals surface area contributed by atoms with Gasteiger partial charge in [-0.05, 0) is 43.5 Å². The Hall–Kier alpha value is -2.24. The van der Waals surface area contributed by atoms with Crippen LogP contribution in [0.2, 0.25) is 0 Å². The normalized spacial score (nSPS) is 17.2. The van der Waals surface area contributed by atoms with Gasteiger partial charge in [-0.3, -0.25) is 4.79 Å². The van der Waals surface area contributed by atoms with E-state index in [0.717, 1.165) is 17.9 Å². The first-order valence-corrected chi connectivity index (χ1v) is 8.57. The van der Waals surface area contributed by atoms with E-state index in [4.69, 9.17) is 4.74 Å². The van der Waals surface area contributed by atoms with Crippen LogP contribution >= 0.6 is 0 Å². The van der Waals surface area contributed by atoms with E-state index < -0.39 is 0 Å². The van der Waals surface area contributed by atoms with Crippen LogP contribution in [0.1, 0.15) is 33.6 Å². The Kier molecular flexibility index (Phi) is 6.46. The second kappa shape index (κ2) is 8.57. The number of anilines is 1. The molecule has 1 saturated heterocycles. The second-order valence-corrected chi connectivity index (χ2v) is 6.42. The fourth-order valence-electron chi connectivity index (χ4n) is 2.65. The predicted octanol–water partition coefficient (Wildman–Crippen LogP) is 2.54. The van der Waals surface area contributed by atoms with Gasteiger partial charge in [-0.2, -0.15) is 0 Å². The smallest absolute Gasteiger partial charge is 0.315 e. The third-order valence-corrected chi connectivity index (χ3v) is 3.93. The largest absolute Gasteiger partial charge is 0.494 e. The Balaban J connectivity index is 1.85. The van der Waals surface area contributed by atoms with Crippen molar-refractivity contribution >= 4 is 17.6 Å². The average Bonchev–Trinajstić information content (AvgIpc) is 2.88. The number of benzene rings is 1. The molecule has 2 rings (SSSR count). The fourth-order valence-corrected chi connectivity index (χ4v) is 2.65. The van der Waals surface area contributed by atoms with E-state index in [1.165, 1.54) is 0 Å². The van der Waals surface area contributed by atoms with Crippen molar-refractivity contribution in [2.45, 2.75) is 39.7 Å². The van der Waals surface area contributed by atoms with Crippen molar-refractivity contribution in [2.75, 3.05) is 24.6 Å². The van der Waals surface area contributed by atoms with Gasteiger partial charge in [0.25, 0.3) is 0 Å². The van der Waals surface area contributed by atoms with Crippen LogP contribution in [0.5, 0.6) is 5.75 Å². The summed E-state index contributed by atoms with van der Waals surface area (Å²) in [4.78, 5) is 25.8. The van der Waals surface area contributed by atoms with Gasteiger partial charge in [0.2, 0.25) is 5.91 Å². The maximum Gasteiger partial charge on any atom is 0.315 e. The number of ether oxygens (including phenoxy) is 1. The van der Waals surface area contributed by atoms with Crippen LogP contribution < -0.4 is 20.3 Å². The van der Waals surface area contributed by atoms with Crippen molar-refractivity contribution in [3.8, 4) is 5.75 Å². The summed E-state index contributed by atoms with van der Waals surface area (Å²) in [6, 6.07) is 7.07. The van der Waals surface area contributed by atoms with Crippen molar-refractivity contribution < 1.29 is 14.3 Å². The maximum atomic E-state index is 12.2. The first-order valence-electron chi connectivity index (χ1n) is 8.57. The molecule has 1 atom stereocenters. The van der Waals surface area contributed by atoms with Crippen LogP contribution in [-0.4, -0.2) is 37.7 Å². The second-order valence-electron chi connectivity index (χ2n) is 6.42. The Morgan fingerprint density at radius 1 is 1.33 bits per heavy atom. The number of carbonyl (C=O) groups is 2. The number of nitrogens with one attached hydrogen (secondary N) is 2. The van der Waals surface area contributed by atoms with Gasteiger partial charge < -0.3 is 20.3 Å². The lowest BCUT2D eigenvalue weighted by molar-refractivity contribution is -0.117. The molecular weight excluding hydrogens is 306 g/mol. The molecule has 6 nitrogen and oxygen atoms in total. The zero-order valence-corrected chi connectivity index (χ0v) is 14.7. The van der Waals surface area contributed by atoms with Gasteiger partial charge in [0.05, 0.1) is 12.6 Å². The zero-order valence-electron chi connectivity index (χ0n) is 14.7. The third-order valence-electron chi connectivity index (χ3n) is 3.93. The molecule has 0 saturated carbocycles. The van der Waals surface area contributed by atoms with Gasteiger partial charge in [0, 0.05) is 25.2 Å². The Labute approximate surface area is 143 Å². The van der Waals surface area contributed by atoms with Crippen LogP contribution in [-0.2, 0) is 4.79 Å². The molecule has 2 N–H and O–H groups in total. The highest BCUT2D eigenvalue weighted by Crippen LogP contribution is 2.24. The van der Waals surface area contributed by atoms with Crippen molar-refractivity contribution in [3.63, 3.8) is 0 Å². The standard InChI is InChI=1S/C18H27N3O3/c1-4-24-16-7-5-15(6-8-16)21-12-14(11-17(21)22)20-18(23)19-10-9-13(2)3/h5-8,13-14H,4,9-12H2,1-3H3,(H2,19,20,23)/t14-/m1/s1. The average molecular weight is 333 g/mol. The number of carbonyl (C=O) groups excluding carboxylic acids is 2. The highest BCUT2D eigenvalue weighted by Gasteiger charge is 2.31. The molecule has 24 heavy (non-hydrogen) atoms. The minimum atomic E-state index is -0.206. The molecule has 132 valence electrons. The van der Waals surface area contributed by atoms with E-state index in [1.54, 1.807) is 4.90 Å². The first kappa shape index (κ1) is 18.1. The summed E-state index contributed by atoms with van der Waals surface area (Å²) >= 11 is 0. The highest BCUT2D eigenvalue weighted by molar-refractivity contribution is 5.96. The molecule has 1 aromatic carbocycles. The fraction of sp³-hybridized carbons (Fsp3) is 0.556. The Morgan fingerprint density at radius 3 is 2.67 bits per heavy atom. The van der Waals surface area contributed by atoms with Crippen LogP contribution in [0.3, 0.4) is 0 Å². The number of amides is 3. The van der Waals surface area contributed by atoms with Gasteiger partial charge in [-0.15, -0.1) is 0 Å². The van der Waals surface area contributed by atoms with E-state index in [-0.39, 0.29) is 18.0 Å². The lowest BCUT2D eigenvalue weighted by Crippen LogP contribution is -2.43. The predicted molar refractivity (Wildman–Crippen MR) is 94.4 cm³/mol. The summed E-state index contributed by atoms with van der Waals surface area (Å²) in [5.41, 5.74) is 0.827. The monoisotopic (exact) mass is 333 g/mol. The molecule has 0 spiro atoms. The molecule has 0 aromatic heterocycles. The first-order chi connectivity index (χ1) is 11.5. The lowest BCUT2D eigenvalue weighted by atomic mass is 10.1. The van der Waals surface area contributed by atoms with Gasteiger partial charge in [-0.25, -0.2) is 4.79 Å². The highest BCUT2D eigenvalue weighted by atomic mass is 16.5. The van der Waals surface area contributed by atoms with Crippen LogP contribution in [0.15, 0.2) is 24.3 Å². The molecule has 0 bridgehead atoms. The molecule has 1 aliphatic heterocycles.